The van der Waals surface area contributed by atoms with Crippen molar-refractivity contribution < 1.29 is 24.2 Å². The number of nitrogens with zero attached hydrogens (tertiary/aromatic N) is 2. The summed E-state index contributed by atoms with van der Waals surface area (Å²) in [6, 6.07) is 13.3. The largest absolute Gasteiger partial charge is 0.507 e. The number of methoxy groups -OCH3 is 2. The lowest BCUT2D eigenvalue weighted by atomic mass is 9.94. The Morgan fingerprint density at radius 3 is 2.48 bits per heavy atom. The van der Waals surface area contributed by atoms with Crippen molar-refractivity contribution in [2.24, 2.45) is 0 Å². The van der Waals surface area contributed by atoms with Gasteiger partial charge in [0.25, 0.3) is 11.7 Å². The molecule has 2 aromatic rings. The minimum atomic E-state index is -0.746. The minimum absolute atomic E-state index is 0.0487. The van der Waals surface area contributed by atoms with Crippen molar-refractivity contribution in [2.45, 2.75) is 12.5 Å². The molecule has 1 atom stereocenters. The molecule has 1 heterocycles. The molecule has 7 nitrogen and oxygen atoms in total. The van der Waals surface area contributed by atoms with Gasteiger partial charge in [-0.05, 0) is 45.3 Å². The van der Waals surface area contributed by atoms with Crippen LogP contribution in [0.3, 0.4) is 0 Å². The first kappa shape index (κ1) is 22.4. The van der Waals surface area contributed by atoms with E-state index in [1.807, 2.05) is 37.2 Å². The number of aliphatic hydroxyl groups is 1. The SMILES string of the molecule is COc1cccc(/C(O)=C2/C(=O)C(=O)N(CCCN(C)C)C2c2ccccc2OC)c1. The van der Waals surface area contributed by atoms with E-state index < -0.39 is 17.7 Å². The fourth-order valence-corrected chi connectivity index (χ4v) is 3.81. The fourth-order valence-electron chi connectivity index (χ4n) is 3.81. The number of rotatable bonds is 8. The second-order valence-corrected chi connectivity index (χ2v) is 7.62. The molecule has 7 heteroatoms. The maximum absolute atomic E-state index is 13.1. The van der Waals surface area contributed by atoms with Gasteiger partial charge in [0.2, 0.25) is 0 Å². The number of benzene rings is 2. The van der Waals surface area contributed by atoms with Gasteiger partial charge >= 0.3 is 0 Å². The normalized spacial score (nSPS) is 18.0. The smallest absolute Gasteiger partial charge is 0.295 e. The molecule has 0 saturated carbocycles. The molecule has 3 rings (SSSR count). The number of aliphatic hydroxyl groups excluding tert-OH is 1. The van der Waals surface area contributed by atoms with E-state index in [-0.39, 0.29) is 11.3 Å². The average molecular weight is 424 g/mol. The summed E-state index contributed by atoms with van der Waals surface area (Å²) in [5.74, 6) is -0.481. The van der Waals surface area contributed by atoms with E-state index in [0.717, 1.165) is 6.54 Å². The summed E-state index contributed by atoms with van der Waals surface area (Å²) in [6.07, 6.45) is 0.685. The first-order chi connectivity index (χ1) is 14.9. The van der Waals surface area contributed by atoms with Gasteiger partial charge in [0, 0.05) is 17.7 Å². The summed E-state index contributed by atoms with van der Waals surface area (Å²) in [4.78, 5) is 29.6. The summed E-state index contributed by atoms with van der Waals surface area (Å²) in [6.45, 7) is 1.14. The van der Waals surface area contributed by atoms with Crippen molar-refractivity contribution in [1.82, 2.24) is 9.80 Å². The number of ketones is 1. The molecule has 1 saturated heterocycles. The molecule has 0 spiro atoms. The van der Waals surface area contributed by atoms with Crippen molar-refractivity contribution in [2.75, 3.05) is 41.4 Å². The topological polar surface area (TPSA) is 79.3 Å². The van der Waals surface area contributed by atoms with Crippen LogP contribution >= 0.6 is 0 Å². The Bertz CT molecular complexity index is 999. The van der Waals surface area contributed by atoms with Crippen LogP contribution in [-0.2, 0) is 9.59 Å². The highest BCUT2D eigenvalue weighted by molar-refractivity contribution is 6.46. The van der Waals surface area contributed by atoms with Gasteiger partial charge in [0.05, 0.1) is 25.8 Å². The number of Topliss-reactive ketones (excluding diaryl/α,β-unsaturated/α-hetero) is 1. The number of hydrogen-bond acceptors (Lipinski definition) is 6. The molecule has 164 valence electrons. The Labute approximate surface area is 182 Å². The van der Waals surface area contributed by atoms with Crippen LogP contribution in [0.15, 0.2) is 54.1 Å². The molecular weight excluding hydrogens is 396 g/mol. The highest BCUT2D eigenvalue weighted by atomic mass is 16.5. The molecule has 1 fully saturated rings. The first-order valence-corrected chi connectivity index (χ1v) is 10.1. The molecule has 1 amide bonds. The molecule has 31 heavy (non-hydrogen) atoms. The maximum atomic E-state index is 13.1. The van der Waals surface area contributed by atoms with Crippen molar-refractivity contribution in [1.29, 1.82) is 0 Å². The molecule has 0 bridgehead atoms. The molecule has 1 aliphatic rings. The molecule has 2 aromatic carbocycles. The van der Waals surface area contributed by atoms with Gasteiger partial charge in [-0.15, -0.1) is 0 Å². The summed E-state index contributed by atoms with van der Waals surface area (Å²) in [5, 5.41) is 11.1. The van der Waals surface area contributed by atoms with E-state index in [1.54, 1.807) is 37.4 Å². The maximum Gasteiger partial charge on any atom is 0.295 e. The fraction of sp³-hybridized carbons (Fsp3) is 0.333. The summed E-state index contributed by atoms with van der Waals surface area (Å²) < 4.78 is 10.7. The zero-order chi connectivity index (χ0) is 22.5. The molecule has 1 unspecified atom stereocenters. The van der Waals surface area contributed by atoms with Crippen molar-refractivity contribution in [3.05, 3.63) is 65.2 Å². The van der Waals surface area contributed by atoms with Gasteiger partial charge < -0.3 is 24.4 Å². The molecule has 0 radical (unpaired) electrons. The number of hydrogen-bond donors (Lipinski definition) is 1. The second-order valence-electron chi connectivity index (χ2n) is 7.62. The Morgan fingerprint density at radius 1 is 1.06 bits per heavy atom. The third-order valence-electron chi connectivity index (χ3n) is 5.32. The van der Waals surface area contributed by atoms with Gasteiger partial charge in [-0.25, -0.2) is 0 Å². The van der Waals surface area contributed by atoms with E-state index in [1.165, 1.54) is 12.0 Å². The van der Waals surface area contributed by atoms with E-state index in [0.29, 0.717) is 35.6 Å². The van der Waals surface area contributed by atoms with Crippen LogP contribution in [0.25, 0.3) is 5.76 Å². The van der Waals surface area contributed by atoms with Crippen LogP contribution in [0.4, 0.5) is 0 Å². The summed E-state index contributed by atoms with van der Waals surface area (Å²) in [7, 11) is 6.97. The lowest BCUT2D eigenvalue weighted by Gasteiger charge is -2.27. The minimum Gasteiger partial charge on any atom is -0.507 e. The van der Waals surface area contributed by atoms with Crippen LogP contribution in [0, 0.1) is 0 Å². The Kier molecular flexibility index (Phi) is 6.97. The molecular formula is C24H28N2O5. The van der Waals surface area contributed by atoms with E-state index >= 15 is 0 Å². The van der Waals surface area contributed by atoms with Crippen LogP contribution in [0.5, 0.6) is 11.5 Å². The predicted octanol–water partition coefficient (Wildman–Crippen LogP) is 3.08. The Morgan fingerprint density at radius 2 is 1.81 bits per heavy atom. The van der Waals surface area contributed by atoms with E-state index in [4.69, 9.17) is 9.47 Å². The standard InChI is InChI=1S/C24H28N2O5/c1-25(2)13-8-14-26-21(18-11-5-6-12-19(18)31-4)20(23(28)24(26)29)22(27)16-9-7-10-17(15-16)30-3/h5-7,9-12,15,21,27H,8,13-14H2,1-4H3/b22-20-. The zero-order valence-electron chi connectivity index (χ0n) is 18.3. The van der Waals surface area contributed by atoms with E-state index in [2.05, 4.69) is 0 Å². The molecule has 1 aliphatic heterocycles. The average Bonchev–Trinajstić information content (AvgIpc) is 3.03. The number of carbonyl (C=O) groups is 2. The van der Waals surface area contributed by atoms with Gasteiger partial charge in [-0.2, -0.15) is 0 Å². The highest BCUT2D eigenvalue weighted by Gasteiger charge is 2.46. The number of carbonyl (C=O) groups excluding carboxylic acids is 2. The van der Waals surface area contributed by atoms with Gasteiger partial charge in [-0.1, -0.05) is 30.3 Å². The first-order valence-electron chi connectivity index (χ1n) is 10.1. The Hall–Kier alpha value is -3.32. The number of amides is 1. The van der Waals surface area contributed by atoms with Crippen molar-refractivity contribution >= 4 is 17.4 Å². The zero-order valence-corrected chi connectivity index (χ0v) is 18.3. The lowest BCUT2D eigenvalue weighted by Crippen LogP contribution is -2.32. The summed E-state index contributed by atoms with van der Waals surface area (Å²) >= 11 is 0. The molecule has 0 aromatic heterocycles. The van der Waals surface area contributed by atoms with Gasteiger partial charge in [0.15, 0.2) is 0 Å². The van der Waals surface area contributed by atoms with Gasteiger partial charge in [0.1, 0.15) is 17.3 Å². The van der Waals surface area contributed by atoms with Crippen LogP contribution in [-0.4, -0.2) is 68.0 Å². The predicted molar refractivity (Wildman–Crippen MR) is 118 cm³/mol. The number of likely N-dealkylation sites (tertiary alicyclic amines) is 1. The quantitative estimate of drug-likeness (QED) is 0.399. The third-order valence-corrected chi connectivity index (χ3v) is 5.32. The monoisotopic (exact) mass is 424 g/mol. The van der Waals surface area contributed by atoms with Crippen LogP contribution in [0.2, 0.25) is 0 Å². The second kappa shape index (κ2) is 9.66. The van der Waals surface area contributed by atoms with Crippen LogP contribution in [0.1, 0.15) is 23.6 Å². The third kappa shape index (κ3) is 4.56. The lowest BCUT2D eigenvalue weighted by molar-refractivity contribution is -0.140. The van der Waals surface area contributed by atoms with E-state index in [9.17, 15) is 14.7 Å². The van der Waals surface area contributed by atoms with Gasteiger partial charge in [-0.3, -0.25) is 9.59 Å². The van der Waals surface area contributed by atoms with Crippen LogP contribution < -0.4 is 9.47 Å². The Balaban J connectivity index is 2.15. The molecule has 1 N–H and O–H groups in total. The number of ether oxygens (including phenoxy) is 2. The number of para-hydroxylation sites is 1. The van der Waals surface area contributed by atoms with Crippen molar-refractivity contribution in [3.63, 3.8) is 0 Å². The highest BCUT2D eigenvalue weighted by Crippen LogP contribution is 2.42. The molecule has 0 aliphatic carbocycles. The van der Waals surface area contributed by atoms with Crippen molar-refractivity contribution in [3.8, 4) is 11.5 Å². The summed E-state index contributed by atoms with van der Waals surface area (Å²) in [5.41, 5.74) is 1.11.